The van der Waals surface area contributed by atoms with Crippen LogP contribution in [0.2, 0.25) is 0 Å². The second-order valence-electron chi connectivity index (χ2n) is 5.94. The average molecular weight is 355 g/mol. The molecule has 25 heavy (non-hydrogen) atoms. The Bertz CT molecular complexity index is 957. The van der Waals surface area contributed by atoms with Crippen LogP contribution in [0.4, 0.5) is 0 Å². The van der Waals surface area contributed by atoms with Gasteiger partial charge in [-0.15, -0.1) is 5.10 Å². The van der Waals surface area contributed by atoms with E-state index in [1.807, 2.05) is 36.5 Å². The van der Waals surface area contributed by atoms with Gasteiger partial charge in [-0.1, -0.05) is 35.5 Å². The van der Waals surface area contributed by atoms with E-state index in [0.717, 1.165) is 11.3 Å². The summed E-state index contributed by atoms with van der Waals surface area (Å²) in [6.45, 7) is 0.844. The summed E-state index contributed by atoms with van der Waals surface area (Å²) < 4.78 is 28.6. The molecular formula is C17H17N5O2S. The molecule has 0 bridgehead atoms. The molecule has 128 valence electrons. The Hall–Kier alpha value is -2.58. The van der Waals surface area contributed by atoms with Gasteiger partial charge in [-0.05, 0) is 18.6 Å². The predicted octanol–water partition coefficient (Wildman–Crippen LogP) is 1.98. The molecule has 0 N–H and O–H groups in total. The van der Waals surface area contributed by atoms with Crippen molar-refractivity contribution in [3.05, 3.63) is 61.1 Å². The van der Waals surface area contributed by atoms with Crippen molar-refractivity contribution in [2.45, 2.75) is 17.4 Å². The minimum atomic E-state index is -3.52. The monoisotopic (exact) mass is 355 g/mol. The lowest BCUT2D eigenvalue weighted by atomic mass is 10.2. The van der Waals surface area contributed by atoms with Crippen molar-refractivity contribution in [3.63, 3.8) is 0 Å². The highest BCUT2D eigenvalue weighted by Crippen LogP contribution is 2.27. The quantitative estimate of drug-likeness (QED) is 0.715. The van der Waals surface area contributed by atoms with Gasteiger partial charge in [-0.25, -0.2) is 13.1 Å². The van der Waals surface area contributed by atoms with Crippen LogP contribution in [0.15, 0.2) is 66.0 Å². The molecule has 1 saturated heterocycles. The molecular weight excluding hydrogens is 338 g/mol. The zero-order chi connectivity index (χ0) is 17.3. The molecule has 1 aliphatic rings. The summed E-state index contributed by atoms with van der Waals surface area (Å²) in [7, 11) is -3.52. The number of aromatic nitrogens is 4. The topological polar surface area (TPSA) is 81.0 Å². The van der Waals surface area contributed by atoms with Gasteiger partial charge >= 0.3 is 0 Å². The third-order valence-electron chi connectivity index (χ3n) is 4.35. The molecule has 3 heterocycles. The lowest BCUT2D eigenvalue weighted by Gasteiger charge is -2.16. The van der Waals surface area contributed by atoms with E-state index in [0.29, 0.717) is 19.5 Å². The molecule has 0 radical (unpaired) electrons. The standard InChI is InChI=1S/C17H17N5O2S/c23-25(24,16-7-4-9-18-11-16)21-10-8-15(12-21)22-13-17(19-20-22)14-5-2-1-3-6-14/h1-7,9,11,13,15H,8,10,12H2. The first-order chi connectivity index (χ1) is 12.1. The Kier molecular flexibility index (Phi) is 4.06. The third kappa shape index (κ3) is 3.06. The minimum absolute atomic E-state index is 0.0172. The van der Waals surface area contributed by atoms with E-state index >= 15 is 0 Å². The number of rotatable bonds is 4. The molecule has 0 spiro atoms. The van der Waals surface area contributed by atoms with Crippen LogP contribution in [0.5, 0.6) is 0 Å². The van der Waals surface area contributed by atoms with Crippen LogP contribution in [0.1, 0.15) is 12.5 Å². The van der Waals surface area contributed by atoms with E-state index < -0.39 is 10.0 Å². The smallest absolute Gasteiger partial charge is 0.244 e. The van der Waals surface area contributed by atoms with Gasteiger partial charge in [0.15, 0.2) is 0 Å². The van der Waals surface area contributed by atoms with Crippen LogP contribution in [-0.4, -0.2) is 45.8 Å². The van der Waals surface area contributed by atoms with Crippen molar-refractivity contribution < 1.29 is 8.42 Å². The van der Waals surface area contributed by atoms with E-state index in [9.17, 15) is 8.42 Å². The molecule has 1 atom stereocenters. The highest BCUT2D eigenvalue weighted by molar-refractivity contribution is 7.89. The van der Waals surface area contributed by atoms with E-state index in [1.165, 1.54) is 10.5 Å². The molecule has 0 amide bonds. The van der Waals surface area contributed by atoms with Crippen molar-refractivity contribution in [1.29, 1.82) is 0 Å². The predicted molar refractivity (Wildman–Crippen MR) is 92.1 cm³/mol. The highest BCUT2D eigenvalue weighted by atomic mass is 32.2. The van der Waals surface area contributed by atoms with Gasteiger partial charge in [-0.2, -0.15) is 4.31 Å². The molecule has 4 rings (SSSR count). The van der Waals surface area contributed by atoms with Crippen molar-refractivity contribution in [2.75, 3.05) is 13.1 Å². The molecule has 3 aromatic rings. The zero-order valence-electron chi connectivity index (χ0n) is 13.4. The number of hydrogen-bond donors (Lipinski definition) is 0. The maximum Gasteiger partial charge on any atom is 0.244 e. The number of pyridine rings is 1. The second-order valence-corrected chi connectivity index (χ2v) is 7.88. The van der Waals surface area contributed by atoms with Gasteiger partial charge in [0.2, 0.25) is 10.0 Å². The zero-order valence-corrected chi connectivity index (χ0v) is 14.2. The Labute approximate surface area is 146 Å². The number of sulfonamides is 1. The summed E-state index contributed by atoms with van der Waals surface area (Å²) >= 11 is 0. The Morgan fingerprint density at radius 1 is 1.08 bits per heavy atom. The summed E-state index contributed by atoms with van der Waals surface area (Å²) in [6, 6.07) is 13.0. The summed E-state index contributed by atoms with van der Waals surface area (Å²) in [5, 5.41) is 8.41. The lowest BCUT2D eigenvalue weighted by Crippen LogP contribution is -2.29. The first kappa shape index (κ1) is 15.9. The molecule has 0 saturated carbocycles. The minimum Gasteiger partial charge on any atom is -0.263 e. The summed E-state index contributed by atoms with van der Waals surface area (Å²) in [5.74, 6) is 0. The average Bonchev–Trinajstić information content (AvgIpc) is 3.33. The van der Waals surface area contributed by atoms with E-state index in [-0.39, 0.29) is 10.9 Å². The van der Waals surface area contributed by atoms with Crippen molar-refractivity contribution in [1.82, 2.24) is 24.3 Å². The Balaban J connectivity index is 1.53. The number of benzene rings is 1. The molecule has 2 aromatic heterocycles. The fraction of sp³-hybridized carbons (Fsp3) is 0.235. The first-order valence-corrected chi connectivity index (χ1v) is 9.46. The van der Waals surface area contributed by atoms with Gasteiger partial charge in [-0.3, -0.25) is 4.98 Å². The first-order valence-electron chi connectivity index (χ1n) is 8.02. The van der Waals surface area contributed by atoms with Gasteiger partial charge in [0.05, 0.1) is 12.2 Å². The van der Waals surface area contributed by atoms with Crippen molar-refractivity contribution in [2.24, 2.45) is 0 Å². The maximum atomic E-state index is 12.7. The third-order valence-corrected chi connectivity index (χ3v) is 6.20. The summed E-state index contributed by atoms with van der Waals surface area (Å²) in [4.78, 5) is 4.12. The molecule has 1 fully saturated rings. The van der Waals surface area contributed by atoms with E-state index in [1.54, 1.807) is 23.0 Å². The van der Waals surface area contributed by atoms with Gasteiger partial charge in [0.25, 0.3) is 0 Å². The molecule has 1 aliphatic heterocycles. The van der Waals surface area contributed by atoms with Crippen LogP contribution in [-0.2, 0) is 10.0 Å². The van der Waals surface area contributed by atoms with E-state index in [2.05, 4.69) is 15.3 Å². The molecule has 7 nitrogen and oxygen atoms in total. The summed E-state index contributed by atoms with van der Waals surface area (Å²) in [6.07, 6.45) is 5.52. The van der Waals surface area contributed by atoms with Crippen LogP contribution >= 0.6 is 0 Å². The van der Waals surface area contributed by atoms with Crippen LogP contribution in [0, 0.1) is 0 Å². The van der Waals surface area contributed by atoms with Crippen molar-refractivity contribution in [3.8, 4) is 11.3 Å². The number of nitrogens with zero attached hydrogens (tertiary/aromatic N) is 5. The fourth-order valence-electron chi connectivity index (χ4n) is 2.99. The van der Waals surface area contributed by atoms with Crippen LogP contribution < -0.4 is 0 Å². The fourth-order valence-corrected chi connectivity index (χ4v) is 4.45. The number of hydrogen-bond acceptors (Lipinski definition) is 5. The Morgan fingerprint density at radius 3 is 2.68 bits per heavy atom. The highest BCUT2D eigenvalue weighted by Gasteiger charge is 2.34. The largest absolute Gasteiger partial charge is 0.263 e. The Morgan fingerprint density at radius 2 is 1.92 bits per heavy atom. The van der Waals surface area contributed by atoms with Gasteiger partial charge in [0, 0.05) is 31.0 Å². The second kappa shape index (κ2) is 6.38. The SMILES string of the molecule is O=S(=O)(c1cccnc1)N1CCC(n2cc(-c3ccccc3)nn2)C1. The normalized spacial score (nSPS) is 18.5. The van der Waals surface area contributed by atoms with Gasteiger partial charge < -0.3 is 0 Å². The molecule has 8 heteroatoms. The van der Waals surface area contributed by atoms with E-state index in [4.69, 9.17) is 0 Å². The van der Waals surface area contributed by atoms with Gasteiger partial charge in [0.1, 0.15) is 10.6 Å². The molecule has 1 aromatic carbocycles. The van der Waals surface area contributed by atoms with Crippen molar-refractivity contribution >= 4 is 10.0 Å². The molecule has 1 unspecified atom stereocenters. The molecule has 0 aliphatic carbocycles. The maximum absolute atomic E-state index is 12.7. The lowest BCUT2D eigenvalue weighted by molar-refractivity contribution is 0.428. The van der Waals surface area contributed by atoms with Crippen LogP contribution in [0.3, 0.4) is 0 Å². The van der Waals surface area contributed by atoms with Crippen LogP contribution in [0.25, 0.3) is 11.3 Å². The summed E-state index contributed by atoms with van der Waals surface area (Å²) in [5.41, 5.74) is 1.78.